The third-order valence-corrected chi connectivity index (χ3v) is 5.83. The number of aliphatic carboxylic acids is 1. The van der Waals surface area contributed by atoms with Crippen LogP contribution in [0.5, 0.6) is 0 Å². The number of rotatable bonds is 15. The second-order valence-corrected chi connectivity index (χ2v) is 9.29. The number of hydrogen-bond donors (Lipinski definition) is 3. The smallest absolute Gasteiger partial charge is 0.320 e. The molecule has 2 aromatic carbocycles. The van der Waals surface area contributed by atoms with Gasteiger partial charge in [0.2, 0.25) is 5.91 Å². The fourth-order valence-electron chi connectivity index (χ4n) is 3.96. The zero-order chi connectivity index (χ0) is 25.8. The monoisotopic (exact) mass is 492 g/mol. The number of nitrogens with zero attached hydrogens (tertiary/aromatic N) is 2. The van der Waals surface area contributed by atoms with E-state index in [1.807, 2.05) is 79.1 Å². The number of ether oxygens (including phenoxy) is 1. The van der Waals surface area contributed by atoms with Crippen molar-refractivity contribution in [3.05, 3.63) is 90.0 Å². The minimum atomic E-state index is -0.967. The summed E-state index contributed by atoms with van der Waals surface area (Å²) < 4.78 is 7.68. The Morgan fingerprint density at radius 3 is 2.31 bits per heavy atom. The van der Waals surface area contributed by atoms with Crippen LogP contribution in [0.1, 0.15) is 37.1 Å². The maximum Gasteiger partial charge on any atom is 0.320 e. The molecule has 3 N–H and O–H groups in total. The lowest BCUT2D eigenvalue weighted by atomic mass is 10.0. The molecule has 0 aliphatic heterocycles. The van der Waals surface area contributed by atoms with Gasteiger partial charge in [-0.2, -0.15) is 0 Å². The molecule has 1 amide bonds. The second kappa shape index (κ2) is 14.2. The van der Waals surface area contributed by atoms with Crippen molar-refractivity contribution in [1.29, 1.82) is 0 Å². The van der Waals surface area contributed by atoms with Crippen molar-refractivity contribution in [3.8, 4) is 0 Å². The summed E-state index contributed by atoms with van der Waals surface area (Å²) in [5.74, 6) is -1.04. The van der Waals surface area contributed by atoms with Gasteiger partial charge in [-0.1, -0.05) is 74.5 Å². The summed E-state index contributed by atoms with van der Waals surface area (Å²) in [5, 5.41) is 15.8. The van der Waals surface area contributed by atoms with E-state index in [-0.39, 0.29) is 25.0 Å². The van der Waals surface area contributed by atoms with Gasteiger partial charge in [-0.05, 0) is 29.9 Å². The number of carboxylic acids is 1. The first kappa shape index (κ1) is 27.1. The lowest BCUT2D eigenvalue weighted by molar-refractivity contribution is -0.140. The fourth-order valence-corrected chi connectivity index (χ4v) is 3.96. The zero-order valence-electron chi connectivity index (χ0n) is 21.0. The van der Waals surface area contributed by atoms with E-state index in [0.717, 1.165) is 16.8 Å². The van der Waals surface area contributed by atoms with E-state index in [1.165, 1.54) is 0 Å². The number of carbonyl (C=O) groups excluding carboxylic acids is 1. The molecular formula is C28H36N4O4. The molecule has 0 fully saturated rings. The van der Waals surface area contributed by atoms with Crippen LogP contribution in [0.3, 0.4) is 0 Å². The summed E-state index contributed by atoms with van der Waals surface area (Å²) in [5.41, 5.74) is 2.97. The summed E-state index contributed by atoms with van der Waals surface area (Å²) in [4.78, 5) is 29.3. The SMILES string of the molecule is CC(C)CC(NC(Cc1cncn1COCc1ccccc1)C(=O)NCCc1ccccc1)C(=O)O. The first-order valence-electron chi connectivity index (χ1n) is 12.3. The van der Waals surface area contributed by atoms with Gasteiger partial charge < -0.3 is 19.7 Å². The molecule has 0 saturated heterocycles. The molecule has 0 aliphatic carbocycles. The molecule has 36 heavy (non-hydrogen) atoms. The highest BCUT2D eigenvalue weighted by Crippen LogP contribution is 2.11. The predicted octanol–water partition coefficient (Wildman–Crippen LogP) is 3.42. The number of imidazole rings is 1. The van der Waals surface area contributed by atoms with Gasteiger partial charge in [-0.3, -0.25) is 14.9 Å². The first-order chi connectivity index (χ1) is 17.4. The van der Waals surface area contributed by atoms with Gasteiger partial charge in [0, 0.05) is 24.9 Å². The van der Waals surface area contributed by atoms with Crippen LogP contribution in [-0.2, 0) is 40.5 Å². The van der Waals surface area contributed by atoms with Crippen LogP contribution < -0.4 is 10.6 Å². The van der Waals surface area contributed by atoms with E-state index in [9.17, 15) is 14.7 Å². The number of carbonyl (C=O) groups is 2. The largest absolute Gasteiger partial charge is 0.480 e. The van der Waals surface area contributed by atoms with Crippen LogP contribution in [0, 0.1) is 5.92 Å². The van der Waals surface area contributed by atoms with E-state index in [0.29, 0.717) is 26.0 Å². The Labute approximate surface area is 212 Å². The number of benzene rings is 2. The number of aromatic nitrogens is 2. The van der Waals surface area contributed by atoms with Crippen LogP contribution in [0.15, 0.2) is 73.2 Å². The van der Waals surface area contributed by atoms with Gasteiger partial charge in [-0.25, -0.2) is 4.98 Å². The molecule has 3 aromatic rings. The summed E-state index contributed by atoms with van der Waals surface area (Å²) in [6.07, 6.45) is 4.75. The van der Waals surface area contributed by atoms with Crippen LogP contribution in [0.2, 0.25) is 0 Å². The molecule has 0 bridgehead atoms. The van der Waals surface area contributed by atoms with Gasteiger partial charge in [-0.15, -0.1) is 0 Å². The van der Waals surface area contributed by atoms with Crippen molar-refractivity contribution in [2.45, 2.75) is 58.5 Å². The number of nitrogens with one attached hydrogen (secondary N) is 2. The molecule has 0 spiro atoms. The van der Waals surface area contributed by atoms with Gasteiger partial charge in [0.05, 0.1) is 19.0 Å². The molecule has 2 atom stereocenters. The lowest BCUT2D eigenvalue weighted by Crippen LogP contribution is -2.52. The average molecular weight is 493 g/mol. The fraction of sp³-hybridized carbons (Fsp3) is 0.393. The highest BCUT2D eigenvalue weighted by atomic mass is 16.5. The van der Waals surface area contributed by atoms with Gasteiger partial charge in [0.15, 0.2) is 0 Å². The molecular weight excluding hydrogens is 456 g/mol. The molecule has 0 aliphatic rings. The van der Waals surface area contributed by atoms with Crippen LogP contribution in [0.4, 0.5) is 0 Å². The molecule has 192 valence electrons. The molecule has 1 aromatic heterocycles. The van der Waals surface area contributed by atoms with E-state index in [4.69, 9.17) is 4.74 Å². The molecule has 3 rings (SSSR count). The summed E-state index contributed by atoms with van der Waals surface area (Å²) in [6.45, 7) is 5.12. The van der Waals surface area contributed by atoms with E-state index in [2.05, 4.69) is 15.6 Å². The van der Waals surface area contributed by atoms with Crippen molar-refractivity contribution >= 4 is 11.9 Å². The maximum atomic E-state index is 13.2. The quantitative estimate of drug-likeness (QED) is 0.300. The molecule has 2 unspecified atom stereocenters. The second-order valence-electron chi connectivity index (χ2n) is 9.29. The third-order valence-electron chi connectivity index (χ3n) is 5.83. The summed E-state index contributed by atoms with van der Waals surface area (Å²) in [7, 11) is 0. The van der Waals surface area contributed by atoms with Crippen LogP contribution >= 0.6 is 0 Å². The minimum Gasteiger partial charge on any atom is -0.480 e. The number of carboxylic acid groups (broad SMARTS) is 1. The Bertz CT molecular complexity index is 1070. The van der Waals surface area contributed by atoms with Crippen molar-refractivity contribution in [3.63, 3.8) is 0 Å². The molecule has 0 saturated carbocycles. The van der Waals surface area contributed by atoms with Crippen molar-refractivity contribution in [1.82, 2.24) is 20.2 Å². The highest BCUT2D eigenvalue weighted by Gasteiger charge is 2.28. The Morgan fingerprint density at radius 2 is 1.67 bits per heavy atom. The summed E-state index contributed by atoms with van der Waals surface area (Å²) in [6, 6.07) is 18.2. The number of amides is 1. The number of hydrogen-bond acceptors (Lipinski definition) is 5. The lowest BCUT2D eigenvalue weighted by Gasteiger charge is -2.24. The Balaban J connectivity index is 1.65. The normalized spacial score (nSPS) is 12.9. The zero-order valence-corrected chi connectivity index (χ0v) is 21.0. The molecule has 8 heteroatoms. The van der Waals surface area contributed by atoms with Crippen molar-refractivity contribution in [2.75, 3.05) is 6.54 Å². The van der Waals surface area contributed by atoms with E-state index >= 15 is 0 Å². The first-order valence-corrected chi connectivity index (χ1v) is 12.3. The van der Waals surface area contributed by atoms with Gasteiger partial charge >= 0.3 is 5.97 Å². The average Bonchev–Trinajstić information content (AvgIpc) is 3.30. The molecule has 1 heterocycles. The Kier molecular flexibility index (Phi) is 10.7. The minimum absolute atomic E-state index is 0.164. The van der Waals surface area contributed by atoms with Gasteiger partial charge in [0.1, 0.15) is 12.8 Å². The summed E-state index contributed by atoms with van der Waals surface area (Å²) >= 11 is 0. The third kappa shape index (κ3) is 8.94. The van der Waals surface area contributed by atoms with Crippen molar-refractivity contribution in [2.24, 2.45) is 5.92 Å². The maximum absolute atomic E-state index is 13.2. The van der Waals surface area contributed by atoms with Gasteiger partial charge in [0.25, 0.3) is 0 Å². The van der Waals surface area contributed by atoms with Crippen LogP contribution in [-0.4, -0.2) is 45.2 Å². The topological polar surface area (TPSA) is 105 Å². The van der Waals surface area contributed by atoms with Crippen LogP contribution in [0.25, 0.3) is 0 Å². The molecule has 8 nitrogen and oxygen atoms in total. The Hall–Kier alpha value is -3.49. The van der Waals surface area contributed by atoms with E-state index < -0.39 is 18.1 Å². The van der Waals surface area contributed by atoms with Crippen molar-refractivity contribution < 1.29 is 19.4 Å². The molecule has 0 radical (unpaired) electrons. The highest BCUT2D eigenvalue weighted by molar-refractivity contribution is 5.83. The standard InChI is InChI=1S/C28H36N4O4/c1-21(2)15-26(28(34)35)31-25(27(33)30-14-13-22-9-5-3-6-10-22)16-24-17-29-19-32(24)20-36-18-23-11-7-4-8-12-23/h3-12,17,19,21,25-26,31H,13-16,18,20H2,1-2H3,(H,30,33)(H,34,35). The Morgan fingerprint density at radius 1 is 1.00 bits per heavy atom. The van der Waals surface area contributed by atoms with E-state index in [1.54, 1.807) is 12.5 Å². The predicted molar refractivity (Wildman–Crippen MR) is 138 cm³/mol.